The molecule has 1 N–H and O–H groups in total. The van der Waals surface area contributed by atoms with Gasteiger partial charge in [-0.15, -0.1) is 0 Å². The summed E-state index contributed by atoms with van der Waals surface area (Å²) in [6, 6.07) is -0.00898. The van der Waals surface area contributed by atoms with Crippen molar-refractivity contribution in [3.05, 3.63) is 0 Å². The Morgan fingerprint density at radius 1 is 1.33 bits per heavy atom. The first-order valence-electron chi connectivity index (χ1n) is 6.51. The number of fused-ring (bicyclic) bond motifs is 2. The molecule has 102 valence electrons. The van der Waals surface area contributed by atoms with E-state index in [0.717, 1.165) is 19.3 Å². The third-order valence-electron chi connectivity index (χ3n) is 3.73. The maximum Gasteiger partial charge on any atom is 0.410 e. The normalized spacial score (nSPS) is 30.6. The molecule has 18 heavy (non-hydrogen) atoms. The fourth-order valence-electron chi connectivity index (χ4n) is 3.13. The van der Waals surface area contributed by atoms with E-state index in [1.54, 1.807) is 4.90 Å². The van der Waals surface area contributed by atoms with Gasteiger partial charge in [-0.05, 0) is 46.0 Å². The minimum absolute atomic E-state index is 0.0282. The van der Waals surface area contributed by atoms with Gasteiger partial charge in [0, 0.05) is 12.1 Å². The molecule has 0 spiro atoms. The highest BCUT2D eigenvalue weighted by atomic mass is 16.6. The molecule has 1 amide bonds. The van der Waals surface area contributed by atoms with Crippen LogP contribution in [0.1, 0.15) is 46.5 Å². The van der Waals surface area contributed by atoms with Crippen LogP contribution in [-0.2, 0) is 9.53 Å². The van der Waals surface area contributed by atoms with Crippen molar-refractivity contribution in [3.63, 3.8) is 0 Å². The molecule has 0 radical (unpaired) electrons. The van der Waals surface area contributed by atoms with Crippen LogP contribution in [0.3, 0.4) is 0 Å². The van der Waals surface area contributed by atoms with Gasteiger partial charge in [0.05, 0.1) is 6.42 Å². The number of carbonyl (C=O) groups excluding carboxylic acids is 1. The predicted molar refractivity (Wildman–Crippen MR) is 65.2 cm³/mol. The van der Waals surface area contributed by atoms with Crippen LogP contribution in [0.4, 0.5) is 4.79 Å². The first-order chi connectivity index (χ1) is 8.28. The van der Waals surface area contributed by atoms with E-state index in [-0.39, 0.29) is 24.6 Å². The molecule has 0 aromatic carbocycles. The Morgan fingerprint density at radius 3 is 2.56 bits per heavy atom. The van der Waals surface area contributed by atoms with Crippen molar-refractivity contribution in [2.24, 2.45) is 5.92 Å². The van der Waals surface area contributed by atoms with E-state index in [4.69, 9.17) is 9.84 Å². The van der Waals surface area contributed by atoms with E-state index < -0.39 is 11.6 Å². The van der Waals surface area contributed by atoms with Crippen LogP contribution >= 0.6 is 0 Å². The summed E-state index contributed by atoms with van der Waals surface area (Å²) in [6.45, 7) is 5.47. The van der Waals surface area contributed by atoms with Gasteiger partial charge in [0.15, 0.2) is 0 Å². The summed E-state index contributed by atoms with van der Waals surface area (Å²) in [5.74, 6) is -0.514. The summed E-state index contributed by atoms with van der Waals surface area (Å²) >= 11 is 0. The van der Waals surface area contributed by atoms with Gasteiger partial charge in [-0.3, -0.25) is 4.79 Å². The number of amides is 1. The molecule has 1 heterocycles. The topological polar surface area (TPSA) is 66.8 Å². The van der Waals surface area contributed by atoms with Crippen molar-refractivity contribution in [2.45, 2.75) is 64.1 Å². The number of aliphatic carboxylic acids is 1. The summed E-state index contributed by atoms with van der Waals surface area (Å²) in [5.41, 5.74) is -0.535. The highest BCUT2D eigenvalue weighted by molar-refractivity contribution is 5.73. The largest absolute Gasteiger partial charge is 0.481 e. The number of nitrogens with zero attached hydrogens (tertiary/aromatic N) is 1. The zero-order valence-corrected chi connectivity index (χ0v) is 11.2. The Balaban J connectivity index is 2.09. The quantitative estimate of drug-likeness (QED) is 0.821. The van der Waals surface area contributed by atoms with Gasteiger partial charge in [0.2, 0.25) is 0 Å². The van der Waals surface area contributed by atoms with Gasteiger partial charge in [0.25, 0.3) is 0 Å². The van der Waals surface area contributed by atoms with Crippen LogP contribution in [0.2, 0.25) is 0 Å². The Morgan fingerprint density at radius 2 is 2.00 bits per heavy atom. The second kappa shape index (κ2) is 4.44. The number of likely N-dealkylation sites (tertiary alicyclic amines) is 1. The summed E-state index contributed by atoms with van der Waals surface area (Å²) < 4.78 is 5.38. The number of carboxylic acids is 1. The lowest BCUT2D eigenvalue weighted by molar-refractivity contribution is -0.138. The number of ether oxygens (including phenoxy) is 1. The lowest BCUT2D eigenvalue weighted by Gasteiger charge is -2.35. The second-order valence-electron chi connectivity index (χ2n) is 6.28. The summed E-state index contributed by atoms with van der Waals surface area (Å²) in [5, 5.41) is 8.96. The summed E-state index contributed by atoms with van der Waals surface area (Å²) in [7, 11) is 0. The molecule has 3 atom stereocenters. The highest BCUT2D eigenvalue weighted by Gasteiger charge is 2.49. The molecular weight excluding hydrogens is 234 g/mol. The molecule has 5 nitrogen and oxygen atoms in total. The number of rotatable bonds is 2. The van der Waals surface area contributed by atoms with Crippen LogP contribution in [0.15, 0.2) is 0 Å². The minimum Gasteiger partial charge on any atom is -0.481 e. The van der Waals surface area contributed by atoms with Gasteiger partial charge in [-0.2, -0.15) is 0 Å². The molecule has 2 rings (SSSR count). The van der Waals surface area contributed by atoms with Crippen molar-refractivity contribution < 1.29 is 19.4 Å². The smallest absolute Gasteiger partial charge is 0.410 e. The van der Waals surface area contributed by atoms with E-state index in [0.29, 0.717) is 5.92 Å². The SMILES string of the molecule is CC(C)(C)OC(=O)N1[C@@H]2CC[C@@H](C2)[C@H]1CC(=O)O. The average Bonchev–Trinajstić information content (AvgIpc) is 2.73. The van der Waals surface area contributed by atoms with E-state index in [2.05, 4.69) is 0 Å². The van der Waals surface area contributed by atoms with E-state index in [1.165, 1.54) is 0 Å². The molecule has 2 bridgehead atoms. The Hall–Kier alpha value is -1.26. The van der Waals surface area contributed by atoms with Gasteiger partial charge >= 0.3 is 12.1 Å². The number of hydrogen-bond acceptors (Lipinski definition) is 3. The van der Waals surface area contributed by atoms with Crippen molar-refractivity contribution in [2.75, 3.05) is 0 Å². The Labute approximate surface area is 107 Å². The first kappa shape index (κ1) is 13.2. The molecule has 2 fully saturated rings. The van der Waals surface area contributed by atoms with Gasteiger partial charge in [0.1, 0.15) is 5.60 Å². The second-order valence-corrected chi connectivity index (χ2v) is 6.28. The molecule has 0 aromatic rings. The first-order valence-corrected chi connectivity index (χ1v) is 6.51. The van der Waals surface area contributed by atoms with Crippen molar-refractivity contribution in [1.29, 1.82) is 0 Å². The van der Waals surface area contributed by atoms with Crippen LogP contribution in [-0.4, -0.2) is 39.8 Å². The number of hydrogen-bond donors (Lipinski definition) is 1. The standard InChI is InChI=1S/C13H21NO4/c1-13(2,3)18-12(17)14-9-5-4-8(6-9)10(14)7-11(15)16/h8-10H,4-7H2,1-3H3,(H,15,16)/t8-,9+,10+/m0/s1. The van der Waals surface area contributed by atoms with Crippen molar-refractivity contribution >= 4 is 12.1 Å². The fourth-order valence-corrected chi connectivity index (χ4v) is 3.13. The lowest BCUT2D eigenvalue weighted by Crippen LogP contribution is -2.48. The zero-order valence-electron chi connectivity index (χ0n) is 11.2. The van der Waals surface area contributed by atoms with E-state index in [9.17, 15) is 9.59 Å². The summed E-state index contributed by atoms with van der Waals surface area (Å²) in [4.78, 5) is 24.7. The van der Waals surface area contributed by atoms with E-state index in [1.807, 2.05) is 20.8 Å². The van der Waals surface area contributed by atoms with Crippen molar-refractivity contribution in [3.8, 4) is 0 Å². The lowest BCUT2D eigenvalue weighted by atomic mass is 9.96. The predicted octanol–water partition coefficient (Wildman–Crippen LogP) is 2.25. The molecule has 1 aliphatic heterocycles. The molecule has 0 unspecified atom stereocenters. The third-order valence-corrected chi connectivity index (χ3v) is 3.73. The molecule has 1 saturated heterocycles. The zero-order chi connectivity index (χ0) is 13.5. The minimum atomic E-state index is -0.846. The van der Waals surface area contributed by atoms with Gasteiger partial charge in [-0.1, -0.05) is 0 Å². The maximum atomic E-state index is 12.2. The molecule has 5 heteroatoms. The number of piperidine rings is 1. The molecule has 1 saturated carbocycles. The Bertz CT molecular complexity index is 360. The number of carboxylic acid groups (broad SMARTS) is 1. The highest BCUT2D eigenvalue weighted by Crippen LogP contribution is 2.44. The molecular formula is C13H21NO4. The van der Waals surface area contributed by atoms with Crippen molar-refractivity contribution in [1.82, 2.24) is 4.90 Å². The number of carbonyl (C=O) groups is 2. The van der Waals surface area contributed by atoms with Gasteiger partial charge in [-0.25, -0.2) is 4.79 Å². The van der Waals surface area contributed by atoms with Gasteiger partial charge < -0.3 is 14.7 Å². The fraction of sp³-hybridized carbons (Fsp3) is 0.846. The average molecular weight is 255 g/mol. The molecule has 1 aliphatic carbocycles. The monoisotopic (exact) mass is 255 g/mol. The molecule has 0 aromatic heterocycles. The van der Waals surface area contributed by atoms with Crippen LogP contribution in [0, 0.1) is 5.92 Å². The van der Waals surface area contributed by atoms with Crippen LogP contribution in [0.5, 0.6) is 0 Å². The Kier molecular flexibility index (Phi) is 3.25. The molecule has 2 aliphatic rings. The third kappa shape index (κ3) is 2.60. The van der Waals surface area contributed by atoms with Crippen LogP contribution < -0.4 is 0 Å². The maximum absolute atomic E-state index is 12.2. The summed E-state index contributed by atoms with van der Waals surface area (Å²) in [6.07, 6.45) is 2.60. The van der Waals surface area contributed by atoms with E-state index >= 15 is 0 Å². The van der Waals surface area contributed by atoms with Crippen LogP contribution in [0.25, 0.3) is 0 Å².